The smallest absolute Gasteiger partial charge is 0.307 e. The Morgan fingerprint density at radius 3 is 2.67 bits per heavy atom. The zero-order valence-corrected chi connectivity index (χ0v) is 8.03. The average molecular weight is 225 g/mol. The van der Waals surface area contributed by atoms with Crippen LogP contribution >= 0.6 is 0 Å². The molecule has 1 rings (SSSR count). The molecule has 0 saturated carbocycles. The van der Waals surface area contributed by atoms with Crippen molar-refractivity contribution in [1.82, 2.24) is 15.5 Å². The highest BCUT2D eigenvalue weighted by molar-refractivity contribution is 5.13. The Labute approximate surface area is 83.9 Å². The average Bonchev–Trinajstić information content (AvgIpc) is 2.51. The van der Waals surface area contributed by atoms with Gasteiger partial charge in [0.2, 0.25) is 0 Å². The standard InChI is InChI=1S/C8H11F4N3/c1-5-6(3-14-15-5)2-13-4-8(11,12)7(9)10/h3,7,13H,2,4H2,1H3,(H,14,15). The van der Waals surface area contributed by atoms with E-state index in [0.717, 1.165) is 5.69 Å². The molecule has 0 spiro atoms. The van der Waals surface area contributed by atoms with E-state index in [4.69, 9.17) is 0 Å². The van der Waals surface area contributed by atoms with Crippen molar-refractivity contribution in [3.63, 3.8) is 0 Å². The van der Waals surface area contributed by atoms with Gasteiger partial charge in [-0.25, -0.2) is 8.78 Å². The van der Waals surface area contributed by atoms with Crippen molar-refractivity contribution in [2.75, 3.05) is 6.54 Å². The first-order valence-corrected chi connectivity index (χ1v) is 4.29. The number of aromatic nitrogens is 2. The second kappa shape index (κ2) is 4.61. The number of aromatic amines is 1. The third kappa shape index (κ3) is 3.19. The molecule has 3 nitrogen and oxygen atoms in total. The zero-order valence-electron chi connectivity index (χ0n) is 8.03. The molecule has 0 amide bonds. The van der Waals surface area contributed by atoms with Gasteiger partial charge in [-0.15, -0.1) is 0 Å². The molecule has 15 heavy (non-hydrogen) atoms. The van der Waals surface area contributed by atoms with Gasteiger partial charge in [0.1, 0.15) is 0 Å². The predicted octanol–water partition coefficient (Wildman–Crippen LogP) is 1.71. The molecule has 0 aromatic carbocycles. The maximum Gasteiger partial charge on any atom is 0.319 e. The van der Waals surface area contributed by atoms with Crippen molar-refractivity contribution in [1.29, 1.82) is 0 Å². The van der Waals surface area contributed by atoms with Gasteiger partial charge >= 0.3 is 12.3 Å². The van der Waals surface area contributed by atoms with Crippen LogP contribution in [0.25, 0.3) is 0 Å². The molecule has 0 bridgehead atoms. The molecule has 0 aliphatic heterocycles. The monoisotopic (exact) mass is 225 g/mol. The Hall–Kier alpha value is -1.11. The van der Waals surface area contributed by atoms with E-state index in [1.807, 2.05) is 0 Å². The lowest BCUT2D eigenvalue weighted by Crippen LogP contribution is -2.38. The second-order valence-corrected chi connectivity index (χ2v) is 3.19. The molecule has 0 atom stereocenters. The molecule has 0 aliphatic carbocycles. The van der Waals surface area contributed by atoms with Crippen LogP contribution in [0.4, 0.5) is 17.6 Å². The van der Waals surface area contributed by atoms with Gasteiger partial charge in [0, 0.05) is 17.8 Å². The molecular formula is C8H11F4N3. The summed E-state index contributed by atoms with van der Waals surface area (Å²) in [7, 11) is 0. The maximum absolute atomic E-state index is 12.4. The van der Waals surface area contributed by atoms with Crippen molar-refractivity contribution >= 4 is 0 Å². The van der Waals surface area contributed by atoms with Gasteiger partial charge in [-0.05, 0) is 6.92 Å². The summed E-state index contributed by atoms with van der Waals surface area (Å²) in [5.41, 5.74) is 1.41. The molecule has 86 valence electrons. The van der Waals surface area contributed by atoms with Gasteiger partial charge in [0.05, 0.1) is 12.7 Å². The lowest BCUT2D eigenvalue weighted by atomic mass is 10.2. The number of H-pyrrole nitrogens is 1. The summed E-state index contributed by atoms with van der Waals surface area (Å²) >= 11 is 0. The highest BCUT2D eigenvalue weighted by Gasteiger charge is 2.39. The van der Waals surface area contributed by atoms with Crippen molar-refractivity contribution in [3.05, 3.63) is 17.5 Å². The third-order valence-electron chi connectivity index (χ3n) is 1.93. The minimum Gasteiger partial charge on any atom is -0.307 e. The largest absolute Gasteiger partial charge is 0.319 e. The molecule has 0 fully saturated rings. The number of aryl methyl sites for hydroxylation is 1. The summed E-state index contributed by atoms with van der Waals surface area (Å²) in [6.07, 6.45) is -2.18. The maximum atomic E-state index is 12.4. The van der Waals surface area contributed by atoms with Gasteiger partial charge < -0.3 is 5.32 Å². The molecule has 1 aromatic heterocycles. The van der Waals surface area contributed by atoms with E-state index >= 15 is 0 Å². The van der Waals surface area contributed by atoms with Crippen LogP contribution in [0.1, 0.15) is 11.3 Å². The minimum absolute atomic E-state index is 0.0879. The van der Waals surface area contributed by atoms with Crippen LogP contribution in [-0.2, 0) is 6.54 Å². The van der Waals surface area contributed by atoms with Crippen LogP contribution in [0.3, 0.4) is 0 Å². The predicted molar refractivity (Wildman–Crippen MR) is 46.0 cm³/mol. The minimum atomic E-state index is -3.99. The molecule has 7 heteroatoms. The van der Waals surface area contributed by atoms with E-state index in [1.165, 1.54) is 6.20 Å². The Morgan fingerprint density at radius 1 is 1.53 bits per heavy atom. The lowest BCUT2D eigenvalue weighted by Gasteiger charge is -2.15. The second-order valence-electron chi connectivity index (χ2n) is 3.19. The van der Waals surface area contributed by atoms with Crippen molar-refractivity contribution in [3.8, 4) is 0 Å². The molecular weight excluding hydrogens is 214 g/mol. The molecule has 1 aromatic rings. The number of hydrogen-bond donors (Lipinski definition) is 2. The Bertz CT molecular complexity index is 311. The first-order valence-electron chi connectivity index (χ1n) is 4.29. The first kappa shape index (κ1) is 12.0. The SMILES string of the molecule is Cc1[nH]ncc1CNCC(F)(F)C(F)F. The topological polar surface area (TPSA) is 40.7 Å². The van der Waals surface area contributed by atoms with Crippen molar-refractivity contribution < 1.29 is 17.6 Å². The summed E-state index contributed by atoms with van der Waals surface area (Å²) in [5.74, 6) is -3.99. The van der Waals surface area contributed by atoms with Gasteiger partial charge in [0.15, 0.2) is 0 Å². The highest BCUT2D eigenvalue weighted by Crippen LogP contribution is 2.21. The summed E-state index contributed by atoms with van der Waals surface area (Å²) in [5, 5.41) is 8.54. The van der Waals surface area contributed by atoms with Gasteiger partial charge in [0.25, 0.3) is 0 Å². The van der Waals surface area contributed by atoms with Crippen molar-refractivity contribution in [2.24, 2.45) is 0 Å². The fourth-order valence-electron chi connectivity index (χ4n) is 0.995. The Kier molecular flexibility index (Phi) is 3.67. The first-order chi connectivity index (χ1) is 6.93. The number of rotatable bonds is 5. The van der Waals surface area contributed by atoms with E-state index in [1.54, 1.807) is 6.92 Å². The summed E-state index contributed by atoms with van der Waals surface area (Å²) < 4.78 is 48.4. The molecule has 0 aliphatic rings. The quantitative estimate of drug-likeness (QED) is 0.749. The molecule has 1 heterocycles. The number of nitrogens with one attached hydrogen (secondary N) is 2. The van der Waals surface area contributed by atoms with Crippen LogP contribution in [0.5, 0.6) is 0 Å². The Morgan fingerprint density at radius 2 is 2.20 bits per heavy atom. The van der Waals surface area contributed by atoms with Crippen LogP contribution in [0.2, 0.25) is 0 Å². The molecule has 0 saturated heterocycles. The van der Waals surface area contributed by atoms with Gasteiger partial charge in [-0.2, -0.15) is 13.9 Å². The van der Waals surface area contributed by atoms with Crippen molar-refractivity contribution in [2.45, 2.75) is 25.8 Å². The van der Waals surface area contributed by atoms with E-state index in [9.17, 15) is 17.6 Å². The summed E-state index contributed by atoms with van der Waals surface area (Å²) in [6, 6.07) is 0. The van der Waals surface area contributed by atoms with Crippen LogP contribution < -0.4 is 5.32 Å². The number of nitrogens with zero attached hydrogens (tertiary/aromatic N) is 1. The zero-order chi connectivity index (χ0) is 11.5. The molecule has 2 N–H and O–H groups in total. The Balaban J connectivity index is 2.37. The fourth-order valence-corrected chi connectivity index (χ4v) is 0.995. The number of halogens is 4. The number of alkyl halides is 4. The van der Waals surface area contributed by atoms with E-state index in [2.05, 4.69) is 15.5 Å². The number of hydrogen-bond acceptors (Lipinski definition) is 2. The highest BCUT2D eigenvalue weighted by atomic mass is 19.3. The normalized spacial score (nSPS) is 12.4. The summed E-state index contributed by atoms with van der Waals surface area (Å²) in [4.78, 5) is 0. The summed E-state index contributed by atoms with van der Waals surface area (Å²) in [6.45, 7) is 0.759. The van der Waals surface area contributed by atoms with E-state index in [-0.39, 0.29) is 6.54 Å². The fraction of sp³-hybridized carbons (Fsp3) is 0.625. The van der Waals surface area contributed by atoms with Crippen LogP contribution in [0.15, 0.2) is 6.20 Å². The van der Waals surface area contributed by atoms with E-state index < -0.39 is 18.9 Å². The van der Waals surface area contributed by atoms with E-state index in [0.29, 0.717) is 5.56 Å². The van der Waals surface area contributed by atoms with Crippen LogP contribution in [0, 0.1) is 6.92 Å². The van der Waals surface area contributed by atoms with Gasteiger partial charge in [-0.1, -0.05) is 0 Å². The molecule has 0 radical (unpaired) electrons. The van der Waals surface area contributed by atoms with Gasteiger partial charge in [-0.3, -0.25) is 5.10 Å². The third-order valence-corrected chi connectivity index (χ3v) is 1.93. The van der Waals surface area contributed by atoms with Crippen LogP contribution in [-0.4, -0.2) is 29.1 Å². The lowest BCUT2D eigenvalue weighted by molar-refractivity contribution is -0.125. The molecule has 0 unspecified atom stereocenters.